The minimum absolute atomic E-state index is 0.0780. The summed E-state index contributed by atoms with van der Waals surface area (Å²) in [5.74, 6) is 2.80. The van der Waals surface area contributed by atoms with E-state index in [1.807, 2.05) is 66.7 Å². The first-order valence-corrected chi connectivity index (χ1v) is 22.7. The number of hydrogen-bond acceptors (Lipinski definition) is 6. The maximum atomic E-state index is 6.92. The highest BCUT2D eigenvalue weighted by atomic mass is 28.4. The number of aryl methyl sites for hydroxylation is 1. The maximum absolute atomic E-state index is 6.92. The van der Waals surface area contributed by atoms with Gasteiger partial charge in [-0.15, -0.1) is 0 Å². The third-order valence-electron chi connectivity index (χ3n) is 10.4. The second-order valence-electron chi connectivity index (χ2n) is 15.7. The first-order valence-electron chi connectivity index (χ1n) is 19.8. The summed E-state index contributed by atoms with van der Waals surface area (Å²) in [6, 6.07) is 41.3. The van der Waals surface area contributed by atoms with Crippen LogP contribution in [0, 0.1) is 0 Å². The van der Waals surface area contributed by atoms with Crippen LogP contribution in [-0.2, 0) is 42.1 Å². The molecule has 5 aromatic rings. The van der Waals surface area contributed by atoms with Crippen molar-refractivity contribution >= 4 is 14.4 Å². The molecule has 0 aliphatic rings. The third-order valence-corrected chi connectivity index (χ3v) is 14.7. The number of hydrogen-bond donors (Lipinski definition) is 0. The van der Waals surface area contributed by atoms with Crippen LogP contribution in [0.25, 0.3) is 6.08 Å². The number of ether oxygens (including phenoxy) is 5. The smallest absolute Gasteiger partial charge is 0.250 e. The molecule has 0 atom stereocenters. The molecule has 296 valence electrons. The van der Waals surface area contributed by atoms with Crippen LogP contribution in [0.2, 0.25) is 18.1 Å². The minimum atomic E-state index is -2.08. The SMILES string of the molecule is COC(CCCCc1ccc(O[Si](C)(C)C(C)(C)C)c(CC=Cc2cc(OCc3ccccc3)c(OCc3ccccc3)c(OCc3ccccc3)c2)c1)OC. The molecule has 0 aliphatic heterocycles. The van der Waals surface area contributed by atoms with Crippen molar-refractivity contribution in [3.63, 3.8) is 0 Å². The third kappa shape index (κ3) is 12.9. The Kier molecular flexibility index (Phi) is 15.8. The first-order chi connectivity index (χ1) is 27.0. The second kappa shape index (κ2) is 20.9. The van der Waals surface area contributed by atoms with Crippen molar-refractivity contribution in [3.05, 3.63) is 161 Å². The van der Waals surface area contributed by atoms with Gasteiger partial charge < -0.3 is 28.1 Å². The summed E-state index contributed by atoms with van der Waals surface area (Å²) in [7, 11) is 1.31. The monoisotopic (exact) mass is 772 g/mol. The van der Waals surface area contributed by atoms with Crippen LogP contribution in [0.1, 0.15) is 73.4 Å². The molecule has 56 heavy (non-hydrogen) atoms. The van der Waals surface area contributed by atoms with Gasteiger partial charge in [0, 0.05) is 14.2 Å². The zero-order valence-electron chi connectivity index (χ0n) is 34.4. The van der Waals surface area contributed by atoms with Crippen LogP contribution >= 0.6 is 0 Å². The fourth-order valence-corrected chi connectivity index (χ4v) is 7.07. The highest BCUT2D eigenvalue weighted by molar-refractivity contribution is 6.74. The quantitative estimate of drug-likeness (QED) is 0.0421. The number of methoxy groups -OCH3 is 2. The van der Waals surface area contributed by atoms with Gasteiger partial charge in [0.05, 0.1) is 0 Å². The molecule has 0 bridgehead atoms. The van der Waals surface area contributed by atoms with Gasteiger partial charge in [-0.2, -0.15) is 0 Å². The van der Waals surface area contributed by atoms with Gasteiger partial charge in [-0.3, -0.25) is 0 Å². The summed E-state index contributed by atoms with van der Waals surface area (Å²) >= 11 is 0. The lowest BCUT2D eigenvalue weighted by atomic mass is 10.0. The van der Waals surface area contributed by atoms with Crippen molar-refractivity contribution in [1.82, 2.24) is 0 Å². The zero-order valence-corrected chi connectivity index (χ0v) is 35.4. The Balaban J connectivity index is 1.45. The van der Waals surface area contributed by atoms with Crippen LogP contribution in [0.15, 0.2) is 127 Å². The van der Waals surface area contributed by atoms with Gasteiger partial charge in [0.25, 0.3) is 0 Å². The van der Waals surface area contributed by atoms with Gasteiger partial charge in [-0.1, -0.05) is 136 Å². The van der Waals surface area contributed by atoms with Gasteiger partial charge in [0.2, 0.25) is 14.1 Å². The van der Waals surface area contributed by atoms with Crippen LogP contribution < -0.4 is 18.6 Å². The number of unbranched alkanes of at least 4 members (excludes halogenated alkanes) is 1. The van der Waals surface area contributed by atoms with Crippen molar-refractivity contribution in [3.8, 4) is 23.0 Å². The second-order valence-corrected chi connectivity index (χ2v) is 20.5. The minimum Gasteiger partial charge on any atom is -0.543 e. The van der Waals surface area contributed by atoms with Gasteiger partial charge in [0.15, 0.2) is 17.8 Å². The largest absolute Gasteiger partial charge is 0.543 e. The molecule has 0 spiro atoms. The van der Waals surface area contributed by atoms with E-state index in [1.165, 1.54) is 11.1 Å². The Labute approximate surface area is 336 Å². The molecule has 6 nitrogen and oxygen atoms in total. The Bertz CT molecular complexity index is 1870. The summed E-state index contributed by atoms with van der Waals surface area (Å²) < 4.78 is 37.3. The van der Waals surface area contributed by atoms with Gasteiger partial charge >= 0.3 is 0 Å². The molecule has 0 N–H and O–H groups in total. The van der Waals surface area contributed by atoms with Crippen LogP contribution in [0.4, 0.5) is 0 Å². The normalized spacial score (nSPS) is 11.9. The summed E-state index contributed by atoms with van der Waals surface area (Å²) in [4.78, 5) is 0. The van der Waals surface area contributed by atoms with E-state index in [-0.39, 0.29) is 11.3 Å². The van der Waals surface area contributed by atoms with Crippen molar-refractivity contribution in [2.75, 3.05) is 14.2 Å². The van der Waals surface area contributed by atoms with Gasteiger partial charge in [-0.25, -0.2) is 0 Å². The van der Waals surface area contributed by atoms with Crippen molar-refractivity contribution in [1.29, 1.82) is 0 Å². The Hall–Kier alpha value is -4.82. The molecule has 0 radical (unpaired) electrons. The maximum Gasteiger partial charge on any atom is 0.250 e. The molecule has 0 heterocycles. The highest BCUT2D eigenvalue weighted by Crippen LogP contribution is 2.42. The Morgan fingerprint density at radius 2 is 1.11 bits per heavy atom. The van der Waals surface area contributed by atoms with Gasteiger partial charge in [0.1, 0.15) is 25.6 Å². The number of benzene rings is 5. The van der Waals surface area contributed by atoms with E-state index in [1.54, 1.807) is 14.2 Å². The van der Waals surface area contributed by atoms with Crippen molar-refractivity contribution < 1.29 is 28.1 Å². The van der Waals surface area contributed by atoms with E-state index in [0.717, 1.165) is 53.7 Å². The Morgan fingerprint density at radius 1 is 0.589 bits per heavy atom. The van der Waals surface area contributed by atoms with Crippen LogP contribution in [-0.4, -0.2) is 28.8 Å². The number of rotatable bonds is 21. The summed E-state index contributed by atoms with van der Waals surface area (Å²) in [5.41, 5.74) is 6.64. The standard InChI is InChI=1S/C49H60O6Si/c1-49(2,3)56(6,7)55-44-31-30-38(20-17-18-29-47(50-4)51-5)32-43(44)28-19-27-42-33-45(52-35-39-21-11-8-12-22-39)48(54-37-41-25-15-10-16-26-41)46(34-42)53-36-40-23-13-9-14-24-40/h8-16,19,21-27,30-34,47H,17-18,20,28-29,35-37H2,1-7H3. The molecule has 0 saturated heterocycles. The average Bonchev–Trinajstić information content (AvgIpc) is 3.20. The molecule has 0 aromatic heterocycles. The molecular weight excluding hydrogens is 713 g/mol. The molecule has 0 saturated carbocycles. The van der Waals surface area contributed by atoms with Crippen LogP contribution in [0.5, 0.6) is 23.0 Å². The highest BCUT2D eigenvalue weighted by Gasteiger charge is 2.39. The summed E-state index contributed by atoms with van der Waals surface area (Å²) in [6.45, 7) is 12.6. The molecule has 0 aliphatic carbocycles. The Morgan fingerprint density at radius 3 is 1.61 bits per heavy atom. The fraction of sp³-hybridized carbons (Fsp3) is 0.347. The summed E-state index contributed by atoms with van der Waals surface area (Å²) in [6.07, 6.45) is 8.83. The predicted molar refractivity (Wildman–Crippen MR) is 231 cm³/mol. The van der Waals surface area contributed by atoms with E-state index in [9.17, 15) is 0 Å². The van der Waals surface area contributed by atoms with E-state index < -0.39 is 8.32 Å². The lowest BCUT2D eigenvalue weighted by molar-refractivity contribution is -0.107. The molecule has 5 aromatic carbocycles. The summed E-state index contributed by atoms with van der Waals surface area (Å²) in [5, 5.41) is 0.0780. The van der Waals surface area contributed by atoms with E-state index >= 15 is 0 Å². The molecule has 0 amide bonds. The van der Waals surface area contributed by atoms with E-state index in [4.69, 9.17) is 28.1 Å². The molecular formula is C49H60O6Si. The molecule has 0 fully saturated rings. The van der Waals surface area contributed by atoms with E-state index in [0.29, 0.717) is 43.5 Å². The number of allylic oxidation sites excluding steroid dienone is 1. The predicted octanol–water partition coefficient (Wildman–Crippen LogP) is 12.4. The first kappa shape index (κ1) is 42.3. The topological polar surface area (TPSA) is 55.4 Å². The van der Waals surface area contributed by atoms with Gasteiger partial charge in [-0.05, 0) is 102 Å². The average molecular weight is 773 g/mol. The molecule has 5 rings (SSSR count). The van der Waals surface area contributed by atoms with Crippen LogP contribution in [0.3, 0.4) is 0 Å². The van der Waals surface area contributed by atoms with Crippen molar-refractivity contribution in [2.45, 2.75) is 97.1 Å². The van der Waals surface area contributed by atoms with E-state index in [2.05, 4.69) is 101 Å². The zero-order chi connectivity index (χ0) is 39.8. The fourth-order valence-electron chi connectivity index (χ4n) is 6.02. The molecule has 0 unspecified atom stereocenters. The van der Waals surface area contributed by atoms with Crippen molar-refractivity contribution in [2.24, 2.45) is 0 Å². The molecule has 7 heteroatoms. The lowest BCUT2D eigenvalue weighted by Crippen LogP contribution is -2.44. The lowest BCUT2D eigenvalue weighted by Gasteiger charge is -2.37.